The van der Waals surface area contributed by atoms with Crippen molar-refractivity contribution >= 4 is 5.78 Å². The number of fused-ring (bicyclic) bond motifs is 1. The van der Waals surface area contributed by atoms with E-state index in [-0.39, 0.29) is 19.1 Å². The lowest BCUT2D eigenvalue weighted by Gasteiger charge is -2.01. The van der Waals surface area contributed by atoms with E-state index in [1.807, 2.05) is 0 Å². The molecule has 1 aromatic rings. The Bertz CT molecular complexity index is 445. The number of hydrogen-bond acceptors (Lipinski definition) is 4. The Morgan fingerprint density at radius 1 is 1.57 bits per heavy atom. The Hall–Kier alpha value is -1.55. The number of carbonyl (C=O) groups excluding carboxylic acids is 1. The normalized spacial score (nSPS) is 17.0. The largest absolute Gasteiger partial charge is 0.454 e. The number of ketones is 1. The van der Waals surface area contributed by atoms with Crippen molar-refractivity contribution < 1.29 is 18.4 Å². The first kappa shape index (κ1) is 6.03. The molecule has 4 nitrogen and oxygen atoms in total. The van der Waals surface area contributed by atoms with Crippen molar-refractivity contribution in [1.82, 2.24) is 5.32 Å². The molecule has 14 heavy (non-hydrogen) atoms. The summed E-state index contributed by atoms with van der Waals surface area (Å²) in [5.41, 5.74) is 0.394. The van der Waals surface area contributed by atoms with Crippen LogP contribution in [0.25, 0.3) is 0 Å². The third kappa shape index (κ3) is 1.56. The van der Waals surface area contributed by atoms with Gasteiger partial charge in [0, 0.05) is 9.68 Å². The van der Waals surface area contributed by atoms with Gasteiger partial charge in [-0.15, -0.1) is 0 Å². The number of ether oxygens (including phenoxy) is 2. The molecule has 0 bridgehead atoms. The molecule has 1 aliphatic heterocycles. The maximum absolute atomic E-state index is 11.7. The van der Waals surface area contributed by atoms with Gasteiger partial charge in [0.2, 0.25) is 6.79 Å². The quantitative estimate of drug-likeness (QED) is 0.727. The topological polar surface area (TPSA) is 47.6 Å². The van der Waals surface area contributed by atoms with Crippen LogP contribution in [0.3, 0.4) is 0 Å². The van der Waals surface area contributed by atoms with Crippen LogP contribution < -0.4 is 14.8 Å². The minimum Gasteiger partial charge on any atom is -0.454 e. The van der Waals surface area contributed by atoms with E-state index < -0.39 is 6.98 Å². The number of Topliss-reactive ketones (excluding diaryl/α,β-unsaturated/α-hetero) is 1. The molecule has 1 aliphatic rings. The molecule has 0 spiro atoms. The summed E-state index contributed by atoms with van der Waals surface area (Å²) < 4.78 is 31.0. The molecule has 0 saturated carbocycles. The van der Waals surface area contributed by atoms with Crippen LogP contribution in [0, 0.1) is 0 Å². The van der Waals surface area contributed by atoms with Crippen molar-refractivity contribution in [3.63, 3.8) is 0 Å². The Balaban J connectivity index is 2.05. The van der Waals surface area contributed by atoms with Crippen LogP contribution in [0.2, 0.25) is 0 Å². The predicted octanol–water partition coefficient (Wildman–Crippen LogP) is 0.817. The van der Waals surface area contributed by atoms with E-state index >= 15 is 0 Å². The van der Waals surface area contributed by atoms with Crippen LogP contribution in [0.15, 0.2) is 18.2 Å². The lowest BCUT2D eigenvalue weighted by molar-refractivity contribution is 0.0993. The lowest BCUT2D eigenvalue weighted by atomic mass is 10.1. The molecular formula is C10H11NO3. The summed E-state index contributed by atoms with van der Waals surface area (Å²) in [5.74, 6) is 0.787. The first-order valence-corrected chi connectivity index (χ1v) is 4.13. The highest BCUT2D eigenvalue weighted by Crippen LogP contribution is 2.32. The number of benzene rings is 1. The van der Waals surface area contributed by atoms with Gasteiger partial charge in [-0.05, 0) is 25.2 Å². The summed E-state index contributed by atoms with van der Waals surface area (Å²) in [4.78, 5) is 11.7. The van der Waals surface area contributed by atoms with Gasteiger partial charge in [0.15, 0.2) is 17.3 Å². The molecular weight excluding hydrogens is 182 g/mol. The van der Waals surface area contributed by atoms with E-state index in [0.717, 1.165) is 0 Å². The third-order valence-electron chi connectivity index (χ3n) is 1.94. The second-order valence-corrected chi connectivity index (χ2v) is 2.84. The van der Waals surface area contributed by atoms with Crippen LogP contribution in [0.1, 0.15) is 14.5 Å². The number of nitrogens with one attached hydrogen (secondary N) is 1. The van der Waals surface area contributed by atoms with Crippen molar-refractivity contribution in [2.24, 2.45) is 0 Å². The van der Waals surface area contributed by atoms with Crippen molar-refractivity contribution in [2.75, 3.05) is 20.3 Å². The van der Waals surface area contributed by atoms with E-state index in [1.54, 1.807) is 18.2 Å². The standard InChI is InChI=1S/C10H11NO3/c1-11-5-8(12)7-2-3-9-10(4-7)14-6-13-9/h2-4,11H,5-6H2,1H3/i1D3. The summed E-state index contributed by atoms with van der Waals surface area (Å²) in [6.45, 7) is -2.41. The van der Waals surface area contributed by atoms with E-state index in [0.29, 0.717) is 17.1 Å². The van der Waals surface area contributed by atoms with Crippen molar-refractivity contribution in [1.29, 1.82) is 0 Å². The van der Waals surface area contributed by atoms with E-state index in [2.05, 4.69) is 5.32 Å². The molecule has 0 aliphatic carbocycles. The predicted molar refractivity (Wildman–Crippen MR) is 50.8 cm³/mol. The molecule has 0 unspecified atom stereocenters. The van der Waals surface area contributed by atoms with E-state index in [1.165, 1.54) is 0 Å². The molecule has 0 radical (unpaired) electrons. The van der Waals surface area contributed by atoms with Gasteiger partial charge in [-0.25, -0.2) is 0 Å². The zero-order valence-electron chi connectivity index (χ0n) is 10.4. The smallest absolute Gasteiger partial charge is 0.231 e. The van der Waals surface area contributed by atoms with Gasteiger partial charge >= 0.3 is 0 Å². The molecule has 0 saturated heterocycles. The molecule has 0 amide bonds. The number of rotatable bonds is 3. The molecule has 0 aromatic heterocycles. The highest BCUT2D eigenvalue weighted by Gasteiger charge is 2.15. The van der Waals surface area contributed by atoms with Crippen molar-refractivity contribution in [3.8, 4) is 11.5 Å². The Kier molecular flexibility index (Phi) is 1.58. The first-order chi connectivity index (χ1) is 7.96. The fourth-order valence-corrected chi connectivity index (χ4v) is 1.25. The maximum Gasteiger partial charge on any atom is 0.231 e. The average molecular weight is 196 g/mol. The van der Waals surface area contributed by atoms with Gasteiger partial charge in [0.05, 0.1) is 6.54 Å². The molecule has 1 aromatic carbocycles. The Labute approximate surface area is 86.0 Å². The highest BCUT2D eigenvalue weighted by atomic mass is 16.7. The molecule has 0 atom stereocenters. The Morgan fingerprint density at radius 2 is 2.43 bits per heavy atom. The second-order valence-electron chi connectivity index (χ2n) is 2.84. The molecule has 4 heteroatoms. The van der Waals surface area contributed by atoms with Gasteiger partial charge < -0.3 is 14.8 Å². The van der Waals surface area contributed by atoms with Crippen molar-refractivity contribution in [2.45, 2.75) is 0 Å². The summed E-state index contributed by atoms with van der Waals surface area (Å²) in [7, 11) is 0. The second kappa shape index (κ2) is 3.67. The molecule has 0 fully saturated rings. The molecule has 74 valence electrons. The first-order valence-electron chi connectivity index (χ1n) is 5.63. The number of hydrogen-bond donors (Lipinski definition) is 1. The Morgan fingerprint density at radius 3 is 3.29 bits per heavy atom. The minimum absolute atomic E-state index is 0.139. The molecule has 2 rings (SSSR count). The SMILES string of the molecule is [2H]C([2H])([2H])NCC(=O)c1ccc2c(c1)OCO2. The number of likely N-dealkylation sites (N-methyl/N-ethyl adjacent to an activating group) is 1. The van der Waals surface area contributed by atoms with Gasteiger partial charge in [-0.1, -0.05) is 0 Å². The average Bonchev–Trinajstić information content (AvgIpc) is 2.71. The van der Waals surface area contributed by atoms with Crippen LogP contribution >= 0.6 is 0 Å². The lowest BCUT2D eigenvalue weighted by Crippen LogP contribution is -2.18. The molecule has 1 N–H and O–H groups in total. The summed E-state index contributed by atoms with van der Waals surface area (Å²) in [6, 6.07) is 4.76. The van der Waals surface area contributed by atoms with Crippen LogP contribution in [-0.2, 0) is 0 Å². The van der Waals surface area contributed by atoms with Crippen molar-refractivity contribution in [3.05, 3.63) is 23.8 Å². The van der Waals surface area contributed by atoms with Crippen LogP contribution in [0.5, 0.6) is 11.5 Å². The molecule has 1 heterocycles. The monoisotopic (exact) mass is 196 g/mol. The zero-order valence-corrected chi connectivity index (χ0v) is 7.37. The summed E-state index contributed by atoms with van der Waals surface area (Å²) in [6.07, 6.45) is 0. The third-order valence-corrected chi connectivity index (χ3v) is 1.94. The summed E-state index contributed by atoms with van der Waals surface area (Å²) >= 11 is 0. The van der Waals surface area contributed by atoms with Crippen LogP contribution in [0.4, 0.5) is 0 Å². The number of carbonyl (C=O) groups is 1. The van der Waals surface area contributed by atoms with Gasteiger partial charge in [0.1, 0.15) is 0 Å². The zero-order chi connectivity index (χ0) is 12.5. The van der Waals surface area contributed by atoms with Gasteiger partial charge in [-0.3, -0.25) is 4.79 Å². The maximum atomic E-state index is 11.7. The highest BCUT2D eigenvalue weighted by molar-refractivity contribution is 5.98. The fraction of sp³-hybridized carbons (Fsp3) is 0.300. The van der Waals surface area contributed by atoms with Gasteiger partial charge in [0.25, 0.3) is 0 Å². The fourth-order valence-electron chi connectivity index (χ4n) is 1.25. The van der Waals surface area contributed by atoms with E-state index in [4.69, 9.17) is 13.6 Å². The van der Waals surface area contributed by atoms with E-state index in [9.17, 15) is 4.79 Å². The van der Waals surface area contributed by atoms with Gasteiger partial charge in [-0.2, -0.15) is 0 Å². The minimum atomic E-state index is -2.31. The van der Waals surface area contributed by atoms with Crippen LogP contribution in [-0.4, -0.2) is 26.1 Å². The summed E-state index contributed by atoms with van der Waals surface area (Å²) in [5, 5.41) is 2.17.